The standard InChI is InChI=1S/C29H29N3O3/c1-29(2,3)35-28(33)31-18-8-10-23(20-31)32-27-22(19-30-32)9-7-13-26(27)21-14-16-25(17-15-21)34-24-11-5-4-6-12-24/h4-7,9-17,19H,8,18,20H2,1-3H3. The zero-order chi connectivity index (χ0) is 24.4. The molecule has 6 heteroatoms. The van der Waals surface area contributed by atoms with Gasteiger partial charge in [-0.1, -0.05) is 54.6 Å². The van der Waals surface area contributed by atoms with Crippen LogP contribution in [-0.2, 0) is 4.74 Å². The Morgan fingerprint density at radius 2 is 1.66 bits per heavy atom. The fourth-order valence-corrected chi connectivity index (χ4v) is 4.22. The van der Waals surface area contributed by atoms with Crippen molar-refractivity contribution in [3.8, 4) is 22.6 Å². The topological polar surface area (TPSA) is 56.6 Å². The van der Waals surface area contributed by atoms with Gasteiger partial charge in [0.15, 0.2) is 0 Å². The Balaban J connectivity index is 1.43. The van der Waals surface area contributed by atoms with Crippen LogP contribution < -0.4 is 4.74 Å². The molecule has 0 saturated carbocycles. The van der Waals surface area contributed by atoms with E-state index in [-0.39, 0.29) is 6.09 Å². The number of para-hydroxylation sites is 2. The summed E-state index contributed by atoms with van der Waals surface area (Å²) >= 11 is 0. The lowest BCUT2D eigenvalue weighted by atomic mass is 10.0. The fraction of sp³-hybridized carbons (Fsp3) is 0.241. The molecule has 2 heterocycles. The summed E-state index contributed by atoms with van der Waals surface area (Å²) in [6.45, 7) is 6.73. The smallest absolute Gasteiger partial charge is 0.410 e. The van der Waals surface area contributed by atoms with Crippen molar-refractivity contribution in [1.82, 2.24) is 14.7 Å². The van der Waals surface area contributed by atoms with E-state index in [1.165, 1.54) is 0 Å². The molecule has 0 fully saturated rings. The van der Waals surface area contributed by atoms with Gasteiger partial charge in [0.05, 0.1) is 24.0 Å². The van der Waals surface area contributed by atoms with Crippen molar-refractivity contribution in [3.05, 3.63) is 85.1 Å². The Morgan fingerprint density at radius 1 is 0.914 bits per heavy atom. The fourth-order valence-electron chi connectivity index (χ4n) is 4.22. The maximum Gasteiger partial charge on any atom is 0.410 e. The molecule has 0 unspecified atom stereocenters. The van der Waals surface area contributed by atoms with Gasteiger partial charge in [-0.15, -0.1) is 0 Å². The number of aromatic nitrogens is 2. The molecule has 6 nitrogen and oxygen atoms in total. The molecule has 0 spiro atoms. The van der Waals surface area contributed by atoms with Gasteiger partial charge in [-0.3, -0.25) is 0 Å². The lowest BCUT2D eigenvalue weighted by Gasteiger charge is -2.30. The van der Waals surface area contributed by atoms with Gasteiger partial charge in [0.25, 0.3) is 0 Å². The van der Waals surface area contributed by atoms with Crippen molar-refractivity contribution in [2.45, 2.75) is 32.8 Å². The van der Waals surface area contributed by atoms with Crippen LogP contribution in [0, 0.1) is 0 Å². The van der Waals surface area contributed by atoms with Crippen LogP contribution in [0.5, 0.6) is 11.5 Å². The average Bonchev–Trinajstić information content (AvgIpc) is 3.29. The second kappa shape index (κ2) is 9.29. The highest BCUT2D eigenvalue weighted by molar-refractivity contribution is 5.96. The van der Waals surface area contributed by atoms with Crippen LogP contribution in [0.15, 0.2) is 85.1 Å². The van der Waals surface area contributed by atoms with Gasteiger partial charge >= 0.3 is 6.09 Å². The van der Waals surface area contributed by atoms with Crippen molar-refractivity contribution >= 4 is 22.7 Å². The quantitative estimate of drug-likeness (QED) is 0.325. The molecule has 0 bridgehead atoms. The van der Waals surface area contributed by atoms with Crippen LogP contribution in [0.25, 0.3) is 27.7 Å². The van der Waals surface area contributed by atoms with Gasteiger partial charge in [0.1, 0.15) is 17.1 Å². The van der Waals surface area contributed by atoms with E-state index >= 15 is 0 Å². The molecule has 3 aromatic carbocycles. The van der Waals surface area contributed by atoms with Crippen LogP contribution in [0.1, 0.15) is 27.2 Å². The minimum Gasteiger partial charge on any atom is -0.457 e. The third kappa shape index (κ3) is 5.06. The number of hydrogen-bond acceptors (Lipinski definition) is 4. The van der Waals surface area contributed by atoms with E-state index in [2.05, 4.69) is 30.3 Å². The van der Waals surface area contributed by atoms with Crippen molar-refractivity contribution in [1.29, 1.82) is 0 Å². The molecule has 1 amide bonds. The SMILES string of the molecule is CC(C)(C)OC(=O)N1CCC=C(n2ncc3cccc(-c4ccc(Oc5ccccc5)cc4)c32)C1. The first-order valence-corrected chi connectivity index (χ1v) is 11.8. The van der Waals surface area contributed by atoms with E-state index in [9.17, 15) is 4.79 Å². The summed E-state index contributed by atoms with van der Waals surface area (Å²) in [6, 6.07) is 24.0. The summed E-state index contributed by atoms with van der Waals surface area (Å²) in [5.41, 5.74) is 3.59. The molecule has 0 atom stereocenters. The first-order valence-electron chi connectivity index (χ1n) is 11.8. The predicted molar refractivity (Wildman–Crippen MR) is 138 cm³/mol. The Labute approximate surface area is 205 Å². The monoisotopic (exact) mass is 467 g/mol. The molecule has 1 aromatic heterocycles. The second-order valence-electron chi connectivity index (χ2n) is 9.63. The zero-order valence-corrected chi connectivity index (χ0v) is 20.3. The first-order chi connectivity index (χ1) is 16.9. The third-order valence-corrected chi connectivity index (χ3v) is 5.79. The number of hydrogen-bond donors (Lipinski definition) is 0. The van der Waals surface area contributed by atoms with E-state index in [0.717, 1.165) is 45.6 Å². The maximum atomic E-state index is 12.7. The lowest BCUT2D eigenvalue weighted by molar-refractivity contribution is 0.0270. The lowest BCUT2D eigenvalue weighted by Crippen LogP contribution is -2.40. The molecule has 35 heavy (non-hydrogen) atoms. The minimum absolute atomic E-state index is 0.297. The molecule has 0 radical (unpaired) electrons. The summed E-state index contributed by atoms with van der Waals surface area (Å²) in [6.07, 6.45) is 4.48. The number of amides is 1. The van der Waals surface area contributed by atoms with Crippen LogP contribution in [0.4, 0.5) is 4.79 Å². The molecule has 1 aliphatic heterocycles. The van der Waals surface area contributed by atoms with E-state index in [4.69, 9.17) is 14.6 Å². The van der Waals surface area contributed by atoms with Crippen LogP contribution in [-0.4, -0.2) is 39.5 Å². The summed E-state index contributed by atoms with van der Waals surface area (Å²) in [7, 11) is 0. The van der Waals surface area contributed by atoms with Crippen molar-refractivity contribution in [2.75, 3.05) is 13.1 Å². The second-order valence-corrected chi connectivity index (χ2v) is 9.63. The average molecular weight is 468 g/mol. The van der Waals surface area contributed by atoms with E-state index < -0.39 is 5.60 Å². The summed E-state index contributed by atoms with van der Waals surface area (Å²) < 4.78 is 13.5. The van der Waals surface area contributed by atoms with E-state index in [1.807, 2.05) is 80.2 Å². The number of carbonyl (C=O) groups is 1. The van der Waals surface area contributed by atoms with Gasteiger partial charge in [0.2, 0.25) is 0 Å². The molecule has 5 rings (SSSR count). The Kier molecular flexibility index (Phi) is 6.03. The van der Waals surface area contributed by atoms with Crippen molar-refractivity contribution in [2.24, 2.45) is 0 Å². The minimum atomic E-state index is -0.527. The van der Waals surface area contributed by atoms with Gasteiger partial charge in [-0.25, -0.2) is 9.48 Å². The Morgan fingerprint density at radius 3 is 2.40 bits per heavy atom. The van der Waals surface area contributed by atoms with Gasteiger partial charge in [-0.05, 0) is 57.0 Å². The number of benzene rings is 3. The highest BCUT2D eigenvalue weighted by Gasteiger charge is 2.26. The molecule has 0 saturated heterocycles. The Hall–Kier alpha value is -4.06. The zero-order valence-electron chi connectivity index (χ0n) is 20.3. The molecule has 0 aliphatic carbocycles. The van der Waals surface area contributed by atoms with E-state index in [0.29, 0.717) is 13.1 Å². The van der Waals surface area contributed by atoms with Crippen molar-refractivity contribution < 1.29 is 14.3 Å². The maximum absolute atomic E-state index is 12.7. The van der Waals surface area contributed by atoms with Gasteiger partial charge in [-0.2, -0.15) is 5.10 Å². The number of ether oxygens (including phenoxy) is 2. The van der Waals surface area contributed by atoms with Gasteiger partial charge in [0, 0.05) is 17.5 Å². The summed E-state index contributed by atoms with van der Waals surface area (Å²) in [5.74, 6) is 1.59. The van der Waals surface area contributed by atoms with E-state index in [1.54, 1.807) is 4.90 Å². The first kappa shape index (κ1) is 22.7. The summed E-state index contributed by atoms with van der Waals surface area (Å²) in [5, 5.41) is 5.74. The van der Waals surface area contributed by atoms with Crippen molar-refractivity contribution in [3.63, 3.8) is 0 Å². The number of rotatable bonds is 4. The molecule has 178 valence electrons. The van der Waals surface area contributed by atoms with Crippen LogP contribution in [0.2, 0.25) is 0 Å². The largest absolute Gasteiger partial charge is 0.457 e. The molecular formula is C29H29N3O3. The number of nitrogens with zero attached hydrogens (tertiary/aromatic N) is 3. The molecular weight excluding hydrogens is 438 g/mol. The predicted octanol–water partition coefficient (Wildman–Crippen LogP) is 6.98. The normalized spacial score (nSPS) is 14.0. The summed E-state index contributed by atoms with van der Waals surface area (Å²) in [4.78, 5) is 14.4. The number of carbonyl (C=O) groups excluding carboxylic acids is 1. The molecule has 0 N–H and O–H groups in total. The van der Waals surface area contributed by atoms with Crippen LogP contribution in [0.3, 0.4) is 0 Å². The third-order valence-electron chi connectivity index (χ3n) is 5.79. The molecule has 1 aliphatic rings. The highest BCUT2D eigenvalue weighted by Crippen LogP contribution is 2.33. The highest BCUT2D eigenvalue weighted by atomic mass is 16.6. The van der Waals surface area contributed by atoms with Crippen LogP contribution >= 0.6 is 0 Å². The molecule has 4 aromatic rings. The Bertz CT molecular complexity index is 1370. The number of fused-ring (bicyclic) bond motifs is 1. The van der Waals surface area contributed by atoms with Gasteiger partial charge < -0.3 is 14.4 Å².